The zero-order valence-corrected chi connectivity index (χ0v) is 10.3. The van der Waals surface area contributed by atoms with E-state index in [-0.39, 0.29) is 0 Å². The molecule has 0 aliphatic rings. The van der Waals surface area contributed by atoms with E-state index in [1.807, 2.05) is 16.5 Å². The standard InChI is InChI=1S/C4H6N2S2.CHF3O3S/c1-6-5-4(2-7)3-8-6;2-1(3,4)8(5,6)7/h3H,2H2,1H3;(H,5,6,7). The van der Waals surface area contributed by atoms with Gasteiger partial charge in [-0.1, -0.05) is 0 Å². The zero-order valence-electron chi connectivity index (χ0n) is 7.80. The lowest BCUT2D eigenvalue weighted by atomic mass is 10.6. The van der Waals surface area contributed by atoms with Gasteiger partial charge >= 0.3 is 5.51 Å². The Balaban J connectivity index is 0.000000281. The van der Waals surface area contributed by atoms with Crippen LogP contribution in [0.4, 0.5) is 13.2 Å². The number of thiol groups is 1. The minimum absolute atomic E-state index is 0.733. The van der Waals surface area contributed by atoms with Gasteiger partial charge in [-0.15, -0.1) is 0 Å². The summed E-state index contributed by atoms with van der Waals surface area (Å²) in [5.74, 6) is 0.733. The van der Waals surface area contributed by atoms with Crippen LogP contribution in [0.2, 0.25) is 0 Å². The van der Waals surface area contributed by atoms with Crippen molar-refractivity contribution in [1.82, 2.24) is 5.10 Å². The van der Waals surface area contributed by atoms with Gasteiger partial charge in [0.15, 0.2) is 28.7 Å². The minimum Gasteiger partial charge on any atom is -0.741 e. The van der Waals surface area contributed by atoms with Crippen LogP contribution in [0.15, 0.2) is 5.38 Å². The number of rotatable bonds is 1. The monoisotopic (exact) mass is 296 g/mol. The topological polar surface area (TPSA) is 74.0 Å². The van der Waals surface area contributed by atoms with E-state index >= 15 is 0 Å². The predicted octanol–water partition coefficient (Wildman–Crippen LogP) is 0.449. The summed E-state index contributed by atoms with van der Waals surface area (Å²) in [5, 5.41) is 6.08. The number of halogens is 3. The number of alkyl halides is 3. The highest BCUT2D eigenvalue weighted by molar-refractivity contribution is 7.86. The van der Waals surface area contributed by atoms with Crippen molar-refractivity contribution in [3.8, 4) is 0 Å². The maximum absolute atomic E-state index is 10.7. The average Bonchev–Trinajstić information content (AvgIpc) is 2.48. The summed E-state index contributed by atoms with van der Waals surface area (Å²) < 4.78 is 60.7. The maximum atomic E-state index is 10.7. The van der Waals surface area contributed by atoms with E-state index in [1.54, 1.807) is 11.5 Å². The Hall–Kier alpha value is -0.390. The van der Waals surface area contributed by atoms with Crippen LogP contribution in [-0.4, -0.2) is 23.6 Å². The molecular weight excluding hydrogens is 289 g/mol. The molecule has 0 unspecified atom stereocenters. The Morgan fingerprint density at radius 2 is 2.06 bits per heavy atom. The zero-order chi connectivity index (χ0) is 13.0. The van der Waals surface area contributed by atoms with Crippen molar-refractivity contribution in [3.63, 3.8) is 0 Å². The Kier molecular flexibility index (Phi) is 5.65. The van der Waals surface area contributed by atoms with Crippen LogP contribution in [0.1, 0.15) is 5.69 Å². The molecule has 0 aromatic carbocycles. The first kappa shape index (κ1) is 15.6. The first-order valence-corrected chi connectivity index (χ1v) is 6.40. The van der Waals surface area contributed by atoms with Gasteiger partial charge < -0.3 is 4.55 Å². The molecule has 1 rings (SSSR count). The van der Waals surface area contributed by atoms with Crippen molar-refractivity contribution in [2.45, 2.75) is 11.3 Å². The number of aromatic nitrogens is 2. The predicted molar refractivity (Wildman–Crippen MR) is 51.7 cm³/mol. The van der Waals surface area contributed by atoms with Gasteiger partial charge in [-0.2, -0.15) is 25.8 Å². The second-order valence-electron chi connectivity index (χ2n) is 2.34. The van der Waals surface area contributed by atoms with E-state index in [0.717, 1.165) is 11.4 Å². The summed E-state index contributed by atoms with van der Waals surface area (Å²) >= 11 is 5.64. The Morgan fingerprint density at radius 3 is 2.19 bits per heavy atom. The lowest BCUT2D eigenvalue weighted by Gasteiger charge is -2.08. The SMILES string of the molecule is C[n+]1nc(CS)cs1.O=S(=O)([O-])C(F)(F)F. The van der Waals surface area contributed by atoms with Crippen LogP contribution in [0.3, 0.4) is 0 Å². The third-order valence-corrected chi connectivity index (χ3v) is 2.71. The van der Waals surface area contributed by atoms with Crippen LogP contribution < -0.4 is 4.07 Å². The molecule has 0 fully saturated rings. The summed E-state index contributed by atoms with van der Waals surface area (Å²) in [6.07, 6.45) is 0. The van der Waals surface area contributed by atoms with Crippen molar-refractivity contribution in [2.24, 2.45) is 7.05 Å². The van der Waals surface area contributed by atoms with Gasteiger partial charge in [0.2, 0.25) is 0 Å². The molecule has 0 bridgehead atoms. The molecule has 16 heavy (non-hydrogen) atoms. The summed E-state index contributed by atoms with van der Waals surface area (Å²) in [5.41, 5.74) is -4.60. The summed E-state index contributed by atoms with van der Waals surface area (Å²) in [6, 6.07) is 0. The highest BCUT2D eigenvalue weighted by Crippen LogP contribution is 2.20. The van der Waals surface area contributed by atoms with E-state index in [9.17, 15) is 13.2 Å². The molecule has 0 aliphatic carbocycles. The highest BCUT2D eigenvalue weighted by atomic mass is 32.2. The van der Waals surface area contributed by atoms with Crippen molar-refractivity contribution in [3.05, 3.63) is 11.1 Å². The average molecular weight is 296 g/mol. The van der Waals surface area contributed by atoms with Gasteiger partial charge in [-0.05, 0) is 4.07 Å². The summed E-state index contributed by atoms with van der Waals surface area (Å²) in [4.78, 5) is 0. The van der Waals surface area contributed by atoms with Gasteiger partial charge in [0.25, 0.3) is 0 Å². The Morgan fingerprint density at radius 1 is 1.62 bits per heavy atom. The minimum atomic E-state index is -6.09. The number of nitrogens with zero attached hydrogens (tertiary/aromatic N) is 2. The summed E-state index contributed by atoms with van der Waals surface area (Å²) in [6.45, 7) is 0. The molecule has 0 amide bonds. The number of aryl methyl sites for hydroxylation is 1. The largest absolute Gasteiger partial charge is 0.741 e. The molecule has 1 heterocycles. The molecule has 0 spiro atoms. The molecule has 5 nitrogen and oxygen atoms in total. The molecule has 94 valence electrons. The maximum Gasteiger partial charge on any atom is 0.485 e. The van der Waals surface area contributed by atoms with E-state index in [1.165, 1.54) is 0 Å². The van der Waals surface area contributed by atoms with Crippen LogP contribution in [0.25, 0.3) is 0 Å². The van der Waals surface area contributed by atoms with Crippen molar-refractivity contribution in [1.29, 1.82) is 0 Å². The molecule has 0 N–H and O–H groups in total. The lowest BCUT2D eigenvalue weighted by molar-refractivity contribution is -0.663. The highest BCUT2D eigenvalue weighted by Gasteiger charge is 2.36. The molecule has 0 radical (unpaired) electrons. The third-order valence-electron chi connectivity index (χ3n) is 1.06. The second kappa shape index (κ2) is 5.80. The van der Waals surface area contributed by atoms with Crippen molar-refractivity contribution < 1.29 is 30.2 Å². The first-order valence-electron chi connectivity index (χ1n) is 3.52. The number of hydrogen-bond acceptors (Lipinski definition) is 6. The lowest BCUT2D eigenvalue weighted by Crippen LogP contribution is -2.25. The fourth-order valence-electron chi connectivity index (χ4n) is 0.434. The molecular formula is C5H7F3N2O3S3. The molecule has 0 atom stereocenters. The van der Waals surface area contributed by atoms with Crippen molar-refractivity contribution >= 4 is 34.3 Å². The third kappa shape index (κ3) is 5.63. The fraction of sp³-hybridized carbons (Fsp3) is 0.600. The first-order chi connectivity index (χ1) is 7.08. The smallest absolute Gasteiger partial charge is 0.485 e. The van der Waals surface area contributed by atoms with Crippen LogP contribution in [-0.2, 0) is 22.9 Å². The van der Waals surface area contributed by atoms with Crippen LogP contribution in [0.5, 0.6) is 0 Å². The van der Waals surface area contributed by atoms with E-state index in [2.05, 4.69) is 17.7 Å². The van der Waals surface area contributed by atoms with Gasteiger partial charge in [0.1, 0.15) is 5.69 Å². The van der Waals surface area contributed by atoms with Crippen LogP contribution >= 0.6 is 24.2 Å². The van der Waals surface area contributed by atoms with E-state index < -0.39 is 15.6 Å². The Labute approximate surface area is 99.2 Å². The fourth-order valence-corrected chi connectivity index (χ4v) is 1.27. The molecule has 1 aromatic heterocycles. The molecule has 0 saturated heterocycles. The van der Waals surface area contributed by atoms with E-state index in [0.29, 0.717) is 0 Å². The Bertz CT molecular complexity index is 428. The summed E-state index contributed by atoms with van der Waals surface area (Å²) in [7, 11) is -4.18. The number of hydrogen-bond donors (Lipinski definition) is 1. The molecule has 0 saturated carbocycles. The van der Waals surface area contributed by atoms with E-state index in [4.69, 9.17) is 13.0 Å². The molecule has 1 aromatic rings. The van der Waals surface area contributed by atoms with Gasteiger partial charge in [0, 0.05) is 10.9 Å². The quantitative estimate of drug-likeness (QED) is 0.353. The van der Waals surface area contributed by atoms with Gasteiger partial charge in [0.05, 0.1) is 5.38 Å². The molecule has 0 aliphatic heterocycles. The van der Waals surface area contributed by atoms with Crippen LogP contribution in [0, 0.1) is 0 Å². The van der Waals surface area contributed by atoms with Gasteiger partial charge in [-0.25, -0.2) is 8.42 Å². The molecule has 11 heteroatoms. The normalized spacial score (nSPS) is 11.9. The van der Waals surface area contributed by atoms with Gasteiger partial charge in [-0.3, -0.25) is 0 Å². The second-order valence-corrected chi connectivity index (χ2v) is 5.00. The van der Waals surface area contributed by atoms with Crippen molar-refractivity contribution in [2.75, 3.05) is 0 Å².